The van der Waals surface area contributed by atoms with E-state index in [4.69, 9.17) is 4.55 Å². The number of nitrogens with zero attached hydrogens (tertiary/aromatic N) is 1. The Kier molecular flexibility index (Phi) is 6.60. The molecule has 1 aliphatic rings. The van der Waals surface area contributed by atoms with E-state index in [9.17, 15) is 47.8 Å². The highest BCUT2D eigenvalue weighted by atomic mass is 32.3. The van der Waals surface area contributed by atoms with E-state index in [1.54, 1.807) is 0 Å². The molecule has 0 heterocycles. The molecule has 18 heteroatoms. The van der Waals surface area contributed by atoms with Gasteiger partial charge in [0, 0.05) is 27.8 Å². The van der Waals surface area contributed by atoms with Crippen LogP contribution >= 0.6 is 0 Å². The molecule has 0 unspecified atom stereocenters. The van der Waals surface area contributed by atoms with E-state index in [2.05, 4.69) is 0 Å². The molecule has 0 saturated carbocycles. The van der Waals surface area contributed by atoms with Gasteiger partial charge >= 0.3 is 20.6 Å². The van der Waals surface area contributed by atoms with Gasteiger partial charge in [-0.1, -0.05) is 7.84 Å². The average molecular weight is 583 g/mol. The van der Waals surface area contributed by atoms with Crippen molar-refractivity contribution < 1.29 is 52.4 Å². The molecule has 196 valence electrons. The molecule has 0 bridgehead atoms. The molecule has 0 atom stereocenters. The molecule has 0 fully saturated rings. The molecular formula is C18H18N2O12S4. The van der Waals surface area contributed by atoms with E-state index in [0.29, 0.717) is 12.1 Å². The van der Waals surface area contributed by atoms with Crippen LogP contribution in [0.2, 0.25) is 0 Å². The van der Waals surface area contributed by atoms with Crippen molar-refractivity contribution in [3.8, 4) is 0 Å². The fourth-order valence-electron chi connectivity index (χ4n) is 3.55. The Morgan fingerprint density at radius 2 is 1.11 bits per heavy atom. The second kappa shape index (κ2) is 8.48. The highest BCUT2D eigenvalue weighted by molar-refractivity contribution is 8.02. The minimum Gasteiger partial charge on any atom is -0.289 e. The third-order valence-electron chi connectivity index (χ3n) is 4.76. The molecule has 2 aromatic rings. The Bertz CT molecular complexity index is 1750. The molecule has 0 aliphatic heterocycles. The summed E-state index contributed by atoms with van der Waals surface area (Å²) in [6, 6.07) is 4.93. The number of sulfonamides is 2. The highest BCUT2D eigenvalue weighted by Gasteiger charge is 2.44. The quantitative estimate of drug-likeness (QED) is 0.330. The third-order valence-corrected chi connectivity index (χ3v) is 11.3. The van der Waals surface area contributed by atoms with Gasteiger partial charge in [0.1, 0.15) is 0 Å². The van der Waals surface area contributed by atoms with E-state index >= 15 is 0 Å². The molecule has 0 aromatic heterocycles. The van der Waals surface area contributed by atoms with E-state index in [1.165, 1.54) is 20.8 Å². The van der Waals surface area contributed by atoms with Gasteiger partial charge < -0.3 is 0 Å². The first kappa shape index (κ1) is 28.0. The Hall–Kier alpha value is -2.58. The Labute approximate surface area is 206 Å². The molecular weight excluding hydrogens is 564 g/mol. The summed E-state index contributed by atoms with van der Waals surface area (Å²) in [4.78, 5) is 24.5. The highest BCUT2D eigenvalue weighted by Crippen LogP contribution is 2.33. The first-order chi connectivity index (χ1) is 16.1. The number of rotatable bonds is 6. The summed E-state index contributed by atoms with van der Waals surface area (Å²) in [5.41, 5.74) is -3.26. The topological polar surface area (TPSA) is 226 Å². The van der Waals surface area contributed by atoms with Crippen LogP contribution in [0.5, 0.6) is 0 Å². The normalized spacial score (nSPS) is 15.1. The van der Waals surface area contributed by atoms with Gasteiger partial charge in [-0.2, -0.15) is 16.8 Å². The SMILES string of the molecule is CC(C)(C)N(S(=O)(=O)O)S(=O)(=O)c1ccc2c(c1)C(=O)c1cc(S(=O)(=O)NS(=O)(=O)O)ccc1C2=O. The molecule has 36 heavy (non-hydrogen) atoms. The van der Waals surface area contributed by atoms with Crippen molar-refractivity contribution in [3.63, 3.8) is 0 Å². The number of hydrogen-bond acceptors (Lipinski definition) is 10. The molecule has 3 N–H and O–H groups in total. The lowest BCUT2D eigenvalue weighted by molar-refractivity contribution is 0.0978. The van der Waals surface area contributed by atoms with Crippen LogP contribution in [0.4, 0.5) is 0 Å². The van der Waals surface area contributed by atoms with E-state index in [1.807, 2.05) is 0 Å². The summed E-state index contributed by atoms with van der Waals surface area (Å²) in [5, 5.41) is 0. The smallest absolute Gasteiger partial charge is 0.289 e. The number of carbonyl (C=O) groups excluding carboxylic acids is 2. The second-order valence-corrected chi connectivity index (χ2v) is 14.9. The van der Waals surface area contributed by atoms with Crippen molar-refractivity contribution in [2.75, 3.05) is 0 Å². The summed E-state index contributed by atoms with van der Waals surface area (Å²) in [7, 11) is -20.4. The molecule has 1 aliphatic carbocycles. The van der Waals surface area contributed by atoms with Crippen LogP contribution in [0.15, 0.2) is 46.2 Å². The first-order valence-electron chi connectivity index (χ1n) is 9.49. The summed E-state index contributed by atoms with van der Waals surface area (Å²) < 4.78 is 115. The van der Waals surface area contributed by atoms with Gasteiger partial charge in [-0.25, -0.2) is 16.8 Å². The number of nitrogens with one attached hydrogen (secondary N) is 1. The largest absolute Gasteiger partial charge is 0.349 e. The fourth-order valence-corrected chi connectivity index (χ4v) is 8.93. The maximum absolute atomic E-state index is 13.1. The summed E-state index contributed by atoms with van der Waals surface area (Å²) in [6.07, 6.45) is 0. The van der Waals surface area contributed by atoms with Gasteiger partial charge in [0.25, 0.3) is 20.0 Å². The molecule has 0 radical (unpaired) electrons. The van der Waals surface area contributed by atoms with Crippen molar-refractivity contribution in [2.24, 2.45) is 0 Å². The van der Waals surface area contributed by atoms with Crippen LogP contribution < -0.4 is 4.13 Å². The Balaban J connectivity index is 2.20. The number of benzene rings is 2. The van der Waals surface area contributed by atoms with Crippen molar-refractivity contribution in [3.05, 3.63) is 58.7 Å². The van der Waals surface area contributed by atoms with E-state index in [-0.39, 0.29) is 14.8 Å². The molecule has 0 spiro atoms. The zero-order valence-electron chi connectivity index (χ0n) is 18.5. The number of carbonyl (C=O) groups is 2. The first-order valence-corrected chi connectivity index (χ1v) is 15.2. The van der Waals surface area contributed by atoms with E-state index < -0.39 is 78.7 Å². The van der Waals surface area contributed by atoms with Crippen LogP contribution in [-0.2, 0) is 40.7 Å². The van der Waals surface area contributed by atoms with Crippen molar-refractivity contribution in [1.29, 1.82) is 0 Å². The summed E-state index contributed by atoms with van der Waals surface area (Å²) in [6.45, 7) is 3.55. The number of hydrogen-bond donors (Lipinski definition) is 3. The molecule has 0 saturated heterocycles. The number of fused-ring (bicyclic) bond motifs is 2. The van der Waals surface area contributed by atoms with Crippen LogP contribution in [0, 0.1) is 0 Å². The van der Waals surface area contributed by atoms with Gasteiger partial charge in [0.15, 0.2) is 11.6 Å². The molecule has 0 amide bonds. The maximum Gasteiger partial charge on any atom is 0.349 e. The Morgan fingerprint density at radius 3 is 1.53 bits per heavy atom. The fraction of sp³-hybridized carbons (Fsp3) is 0.222. The van der Waals surface area contributed by atoms with Gasteiger partial charge in [-0.15, -0.1) is 0 Å². The van der Waals surface area contributed by atoms with Crippen molar-refractivity contribution in [2.45, 2.75) is 36.1 Å². The lowest BCUT2D eigenvalue weighted by Gasteiger charge is -2.31. The van der Waals surface area contributed by atoms with Gasteiger partial charge in [0.05, 0.1) is 9.79 Å². The summed E-state index contributed by atoms with van der Waals surface area (Å²) in [5.74, 6) is -1.84. The minimum atomic E-state index is -5.31. The lowest BCUT2D eigenvalue weighted by atomic mass is 9.84. The standard InChI is InChI=1S/C18H18N2O12S4/c1-18(2,3)20(36(30,31)32)34(25,26)11-5-7-13-15(9-11)17(22)14-8-10(4-6-12(14)16(13)21)33(23,24)19-35(27,28)29/h4-9,19H,1-3H3,(H,27,28,29)(H,30,31,32). The van der Waals surface area contributed by atoms with E-state index in [0.717, 1.165) is 28.4 Å². The minimum absolute atomic E-state index is 0.177. The van der Waals surface area contributed by atoms with Crippen molar-refractivity contribution >= 4 is 52.2 Å². The van der Waals surface area contributed by atoms with Gasteiger partial charge in [-0.3, -0.25) is 18.7 Å². The third kappa shape index (κ3) is 5.11. The molecule has 2 aromatic carbocycles. The Morgan fingerprint density at radius 1 is 0.694 bits per heavy atom. The lowest BCUT2D eigenvalue weighted by Crippen LogP contribution is -2.48. The zero-order valence-corrected chi connectivity index (χ0v) is 21.8. The van der Waals surface area contributed by atoms with Gasteiger partial charge in [-0.05, 0) is 57.2 Å². The zero-order chi connectivity index (χ0) is 27.6. The maximum atomic E-state index is 13.1. The predicted molar refractivity (Wildman–Crippen MR) is 122 cm³/mol. The van der Waals surface area contributed by atoms with Crippen LogP contribution in [0.3, 0.4) is 0 Å². The summed E-state index contributed by atoms with van der Waals surface area (Å²) >= 11 is 0. The van der Waals surface area contributed by atoms with Crippen LogP contribution in [0.25, 0.3) is 0 Å². The molecule has 3 rings (SSSR count). The van der Waals surface area contributed by atoms with Crippen molar-refractivity contribution in [1.82, 2.24) is 7.84 Å². The monoisotopic (exact) mass is 582 g/mol. The average Bonchev–Trinajstić information content (AvgIpc) is 2.66. The predicted octanol–water partition coefficient (Wildman–Crippen LogP) is 0.135. The van der Waals surface area contributed by atoms with Crippen LogP contribution in [0.1, 0.15) is 52.6 Å². The number of ketones is 2. The van der Waals surface area contributed by atoms with Gasteiger partial charge in [0.2, 0.25) is 0 Å². The molecule has 14 nitrogen and oxygen atoms in total. The second-order valence-electron chi connectivity index (χ2n) is 8.49. The van der Waals surface area contributed by atoms with Crippen LogP contribution in [-0.4, -0.2) is 63.6 Å².